The van der Waals surface area contributed by atoms with Crippen molar-refractivity contribution in [2.75, 3.05) is 23.9 Å². The van der Waals surface area contributed by atoms with Crippen LogP contribution < -0.4 is 15.0 Å². The number of rotatable bonds is 6. The summed E-state index contributed by atoms with van der Waals surface area (Å²) in [5.41, 5.74) is 1.28. The number of amides is 2. The number of methoxy groups -OCH3 is 1. The number of thiazole rings is 1. The molecule has 2 aromatic carbocycles. The Labute approximate surface area is 177 Å². The first-order valence-electron chi connectivity index (χ1n) is 9.47. The van der Waals surface area contributed by atoms with E-state index in [1.807, 2.05) is 12.1 Å². The fraction of sp³-hybridized carbons (Fsp3) is 0.227. The molecule has 4 rings (SSSR count). The molecule has 1 unspecified atom stereocenters. The molecule has 1 N–H and O–H groups in total. The van der Waals surface area contributed by atoms with Gasteiger partial charge in [-0.15, -0.1) is 11.3 Å². The summed E-state index contributed by atoms with van der Waals surface area (Å²) in [6.07, 6.45) is 2.18. The second-order valence-electron chi connectivity index (χ2n) is 7.00. The molecule has 154 valence electrons. The number of nitrogens with one attached hydrogen (secondary N) is 1. The first-order chi connectivity index (χ1) is 14.5. The maximum absolute atomic E-state index is 13.8. The Balaban J connectivity index is 1.39. The van der Waals surface area contributed by atoms with Gasteiger partial charge in [-0.05, 0) is 23.8 Å². The number of carbonyl (C=O) groups excluding carboxylic acids is 2. The van der Waals surface area contributed by atoms with E-state index in [4.69, 9.17) is 4.74 Å². The smallest absolute Gasteiger partial charge is 0.231 e. The summed E-state index contributed by atoms with van der Waals surface area (Å²) in [5, 5.41) is 3.23. The molecule has 1 aliphatic heterocycles. The average molecular weight is 425 g/mol. The second-order valence-corrected chi connectivity index (χ2v) is 8.11. The summed E-state index contributed by atoms with van der Waals surface area (Å²) >= 11 is 1.30. The van der Waals surface area contributed by atoms with Crippen molar-refractivity contribution in [2.45, 2.75) is 12.8 Å². The lowest BCUT2D eigenvalue weighted by Gasteiger charge is -2.17. The zero-order valence-electron chi connectivity index (χ0n) is 16.3. The summed E-state index contributed by atoms with van der Waals surface area (Å²) in [4.78, 5) is 31.8. The maximum Gasteiger partial charge on any atom is 0.231 e. The Morgan fingerprint density at radius 2 is 2.13 bits per heavy atom. The van der Waals surface area contributed by atoms with Crippen LogP contribution in [0.4, 0.5) is 15.2 Å². The van der Waals surface area contributed by atoms with Crippen molar-refractivity contribution in [3.63, 3.8) is 0 Å². The maximum atomic E-state index is 13.8. The Bertz CT molecular complexity index is 1080. The van der Waals surface area contributed by atoms with Gasteiger partial charge in [-0.2, -0.15) is 0 Å². The molecule has 1 aromatic heterocycles. The van der Waals surface area contributed by atoms with Crippen molar-refractivity contribution in [3.8, 4) is 5.75 Å². The van der Waals surface area contributed by atoms with Crippen LogP contribution in [0, 0.1) is 11.7 Å². The highest BCUT2D eigenvalue weighted by molar-refractivity contribution is 7.15. The second kappa shape index (κ2) is 8.62. The standard InChI is InChI=1S/C22H20FN3O3S/c1-29-17-7-4-6-16(11-17)26-13-15(10-20(26)27)21(28)25-22-24-12-18(30-22)9-14-5-2-3-8-19(14)23/h2-8,11-12,15H,9-10,13H2,1H3,(H,24,25,28). The monoisotopic (exact) mass is 425 g/mol. The Hall–Kier alpha value is -3.26. The molecule has 0 bridgehead atoms. The van der Waals surface area contributed by atoms with Gasteiger partial charge in [0, 0.05) is 42.2 Å². The highest BCUT2D eigenvalue weighted by atomic mass is 32.1. The lowest BCUT2D eigenvalue weighted by Crippen LogP contribution is -2.28. The molecule has 2 amide bonds. The number of hydrogen-bond donors (Lipinski definition) is 1. The summed E-state index contributed by atoms with van der Waals surface area (Å²) in [6.45, 7) is 0.297. The molecule has 6 nitrogen and oxygen atoms in total. The fourth-order valence-electron chi connectivity index (χ4n) is 3.40. The Morgan fingerprint density at radius 3 is 2.93 bits per heavy atom. The Morgan fingerprint density at radius 1 is 1.30 bits per heavy atom. The lowest BCUT2D eigenvalue weighted by atomic mass is 10.1. The minimum Gasteiger partial charge on any atom is -0.497 e. The zero-order chi connectivity index (χ0) is 21.1. The van der Waals surface area contributed by atoms with Gasteiger partial charge in [0.15, 0.2) is 5.13 Å². The first-order valence-corrected chi connectivity index (χ1v) is 10.3. The van der Waals surface area contributed by atoms with Crippen LogP contribution in [-0.4, -0.2) is 30.5 Å². The van der Waals surface area contributed by atoms with Crippen LogP contribution in [0.25, 0.3) is 0 Å². The quantitative estimate of drug-likeness (QED) is 0.651. The van der Waals surface area contributed by atoms with Gasteiger partial charge in [0.05, 0.1) is 13.0 Å². The van der Waals surface area contributed by atoms with Crippen LogP contribution in [-0.2, 0) is 16.0 Å². The van der Waals surface area contributed by atoms with E-state index < -0.39 is 5.92 Å². The van der Waals surface area contributed by atoms with Crippen molar-refractivity contribution in [1.29, 1.82) is 0 Å². The number of nitrogens with zero attached hydrogens (tertiary/aromatic N) is 2. The van der Waals surface area contributed by atoms with Crippen molar-refractivity contribution in [1.82, 2.24) is 4.98 Å². The van der Waals surface area contributed by atoms with E-state index in [2.05, 4.69) is 10.3 Å². The third-order valence-electron chi connectivity index (χ3n) is 4.97. The highest BCUT2D eigenvalue weighted by Crippen LogP contribution is 2.29. The van der Waals surface area contributed by atoms with E-state index in [0.29, 0.717) is 35.1 Å². The van der Waals surface area contributed by atoms with Gasteiger partial charge >= 0.3 is 0 Å². The van der Waals surface area contributed by atoms with Crippen molar-refractivity contribution in [2.24, 2.45) is 5.92 Å². The van der Waals surface area contributed by atoms with Crippen LogP contribution in [0.5, 0.6) is 5.75 Å². The molecule has 8 heteroatoms. The van der Waals surface area contributed by atoms with E-state index in [1.54, 1.807) is 48.5 Å². The van der Waals surface area contributed by atoms with Crippen LogP contribution in [0.15, 0.2) is 54.7 Å². The topological polar surface area (TPSA) is 71.5 Å². The molecule has 1 fully saturated rings. The zero-order valence-corrected chi connectivity index (χ0v) is 17.1. The molecule has 1 atom stereocenters. The van der Waals surface area contributed by atoms with Gasteiger partial charge in [0.2, 0.25) is 11.8 Å². The summed E-state index contributed by atoms with van der Waals surface area (Å²) < 4.78 is 19.0. The number of anilines is 2. The van der Waals surface area contributed by atoms with Crippen LogP contribution >= 0.6 is 11.3 Å². The van der Waals surface area contributed by atoms with Gasteiger partial charge in [-0.25, -0.2) is 9.37 Å². The molecule has 3 aromatic rings. The number of halogens is 1. The summed E-state index contributed by atoms with van der Waals surface area (Å²) in [6, 6.07) is 13.8. The average Bonchev–Trinajstić information content (AvgIpc) is 3.36. The molecule has 30 heavy (non-hydrogen) atoms. The number of carbonyl (C=O) groups is 2. The van der Waals surface area contributed by atoms with Crippen molar-refractivity contribution < 1.29 is 18.7 Å². The van der Waals surface area contributed by atoms with E-state index in [-0.39, 0.29) is 24.1 Å². The molecular formula is C22H20FN3O3S. The number of ether oxygens (including phenoxy) is 1. The predicted octanol–water partition coefficient (Wildman–Crippen LogP) is 3.87. The first kappa shape index (κ1) is 20.0. The van der Waals surface area contributed by atoms with E-state index in [9.17, 15) is 14.0 Å². The van der Waals surface area contributed by atoms with Gasteiger partial charge in [0.25, 0.3) is 0 Å². The Kier molecular flexibility index (Phi) is 5.76. The number of hydrogen-bond acceptors (Lipinski definition) is 5. The molecule has 0 radical (unpaired) electrons. The molecule has 2 heterocycles. The number of aromatic nitrogens is 1. The SMILES string of the molecule is COc1cccc(N2CC(C(=O)Nc3ncc(Cc4ccccc4F)s3)CC2=O)c1. The van der Waals surface area contributed by atoms with Crippen LogP contribution in [0.2, 0.25) is 0 Å². The normalized spacial score (nSPS) is 16.0. The van der Waals surface area contributed by atoms with Gasteiger partial charge in [-0.1, -0.05) is 24.3 Å². The van der Waals surface area contributed by atoms with Crippen LogP contribution in [0.1, 0.15) is 16.9 Å². The molecular weight excluding hydrogens is 405 g/mol. The van der Waals surface area contributed by atoms with E-state index >= 15 is 0 Å². The van der Waals surface area contributed by atoms with Crippen LogP contribution in [0.3, 0.4) is 0 Å². The lowest BCUT2D eigenvalue weighted by molar-refractivity contribution is -0.122. The fourth-order valence-corrected chi connectivity index (χ4v) is 4.23. The predicted molar refractivity (Wildman–Crippen MR) is 113 cm³/mol. The van der Waals surface area contributed by atoms with E-state index in [1.165, 1.54) is 17.4 Å². The van der Waals surface area contributed by atoms with Gasteiger partial charge in [-0.3, -0.25) is 9.59 Å². The molecule has 1 saturated heterocycles. The van der Waals surface area contributed by atoms with Crippen molar-refractivity contribution in [3.05, 3.63) is 71.0 Å². The van der Waals surface area contributed by atoms with E-state index in [0.717, 1.165) is 4.88 Å². The van der Waals surface area contributed by atoms with Gasteiger partial charge < -0.3 is 15.0 Å². The third kappa shape index (κ3) is 4.33. The molecule has 0 spiro atoms. The molecule has 1 aliphatic rings. The van der Waals surface area contributed by atoms with Crippen molar-refractivity contribution >= 4 is 34.0 Å². The minimum atomic E-state index is -0.470. The minimum absolute atomic E-state index is 0.109. The molecule has 0 saturated carbocycles. The molecule has 0 aliphatic carbocycles. The highest BCUT2D eigenvalue weighted by Gasteiger charge is 2.35. The largest absolute Gasteiger partial charge is 0.497 e. The number of benzene rings is 2. The van der Waals surface area contributed by atoms with Gasteiger partial charge in [0.1, 0.15) is 11.6 Å². The summed E-state index contributed by atoms with van der Waals surface area (Å²) in [7, 11) is 1.57. The summed E-state index contributed by atoms with van der Waals surface area (Å²) in [5.74, 6) is -0.442. The third-order valence-corrected chi connectivity index (χ3v) is 5.88.